The van der Waals surface area contributed by atoms with Gasteiger partial charge in [-0.15, -0.1) is 0 Å². The van der Waals surface area contributed by atoms with Crippen LogP contribution < -0.4 is 10.6 Å². The number of urea groups is 1. The maximum absolute atomic E-state index is 12.4. The highest BCUT2D eigenvalue weighted by Crippen LogP contribution is 2.42. The highest BCUT2D eigenvalue weighted by molar-refractivity contribution is 5.89. The molecule has 1 aliphatic rings. The summed E-state index contributed by atoms with van der Waals surface area (Å²) in [7, 11) is 2.11. The molecule has 218 valence electrons. The van der Waals surface area contributed by atoms with E-state index in [-0.39, 0.29) is 30.8 Å². The largest absolute Gasteiger partial charge is 0.392 e. The fraction of sp³-hybridized carbons (Fsp3) is 0.286. The average Bonchev–Trinajstić information content (AvgIpc) is 3.02. The zero-order chi connectivity index (χ0) is 29.3. The Morgan fingerprint density at radius 2 is 1.40 bits per heavy atom. The summed E-state index contributed by atoms with van der Waals surface area (Å²) in [4.78, 5) is 14.7. The summed E-state index contributed by atoms with van der Waals surface area (Å²) in [6.07, 6.45) is -0.838. The Morgan fingerprint density at radius 3 is 2.05 bits per heavy atom. The molecule has 7 heteroatoms. The lowest BCUT2D eigenvalue weighted by Crippen LogP contribution is -2.43. The Hall–Kier alpha value is -4.01. The van der Waals surface area contributed by atoms with Crippen molar-refractivity contribution in [3.8, 4) is 0 Å². The van der Waals surface area contributed by atoms with Gasteiger partial charge in [0.15, 0.2) is 6.29 Å². The van der Waals surface area contributed by atoms with Gasteiger partial charge < -0.3 is 25.2 Å². The quantitative estimate of drug-likeness (QED) is 0.207. The minimum absolute atomic E-state index is 0.00462. The van der Waals surface area contributed by atoms with Crippen molar-refractivity contribution in [1.82, 2.24) is 10.2 Å². The number of amides is 2. The third kappa shape index (κ3) is 7.84. The molecule has 2 amide bonds. The first-order valence-corrected chi connectivity index (χ1v) is 14.4. The van der Waals surface area contributed by atoms with Gasteiger partial charge in [0.25, 0.3) is 0 Å². The van der Waals surface area contributed by atoms with Crippen LogP contribution in [0.5, 0.6) is 0 Å². The molecule has 1 fully saturated rings. The van der Waals surface area contributed by atoms with Gasteiger partial charge in [-0.3, -0.25) is 4.90 Å². The van der Waals surface area contributed by atoms with Crippen LogP contribution in [0, 0.1) is 5.92 Å². The number of carbonyl (C=O) groups excluding carboxylic acids is 1. The van der Waals surface area contributed by atoms with E-state index in [2.05, 4.69) is 53.8 Å². The second kappa shape index (κ2) is 14.2. The predicted octanol–water partition coefficient (Wildman–Crippen LogP) is 6.42. The van der Waals surface area contributed by atoms with Crippen LogP contribution in [-0.4, -0.2) is 35.7 Å². The Kier molecular flexibility index (Phi) is 10.0. The van der Waals surface area contributed by atoms with Gasteiger partial charge in [-0.2, -0.15) is 0 Å². The molecule has 4 aromatic carbocycles. The van der Waals surface area contributed by atoms with Crippen LogP contribution in [0.3, 0.4) is 0 Å². The zero-order valence-corrected chi connectivity index (χ0v) is 24.1. The number of likely N-dealkylation sites (N-methyl/N-ethyl adjacent to an activating group) is 1. The lowest BCUT2D eigenvalue weighted by Gasteiger charge is -2.42. The molecule has 5 rings (SSSR count). The molecule has 0 spiro atoms. The SMILES string of the molecule is CC1C(CN(C)Cc2ccccc2)OC(c2ccc(NC(=O)NCc3ccccc3)cc2)OC1c1ccc(CO)cc1. The van der Waals surface area contributed by atoms with Crippen molar-refractivity contribution < 1.29 is 19.4 Å². The zero-order valence-electron chi connectivity index (χ0n) is 24.1. The number of nitrogens with one attached hydrogen (secondary N) is 2. The third-order valence-electron chi connectivity index (χ3n) is 7.65. The summed E-state index contributed by atoms with van der Waals surface area (Å²) in [6, 6.07) is 35.5. The van der Waals surface area contributed by atoms with Crippen molar-refractivity contribution >= 4 is 11.7 Å². The number of anilines is 1. The molecule has 4 atom stereocenters. The highest BCUT2D eigenvalue weighted by atomic mass is 16.7. The van der Waals surface area contributed by atoms with Gasteiger partial charge >= 0.3 is 6.03 Å². The summed E-state index contributed by atoms with van der Waals surface area (Å²) >= 11 is 0. The number of benzene rings is 4. The van der Waals surface area contributed by atoms with Crippen molar-refractivity contribution in [3.05, 3.63) is 137 Å². The van der Waals surface area contributed by atoms with Crippen LogP contribution in [0.4, 0.5) is 10.5 Å². The fourth-order valence-electron chi connectivity index (χ4n) is 5.27. The molecule has 7 nitrogen and oxygen atoms in total. The first-order valence-electron chi connectivity index (χ1n) is 14.4. The van der Waals surface area contributed by atoms with Gasteiger partial charge in [-0.05, 0) is 41.4 Å². The number of ether oxygens (including phenoxy) is 2. The smallest absolute Gasteiger partial charge is 0.319 e. The molecule has 0 bridgehead atoms. The maximum atomic E-state index is 12.4. The van der Waals surface area contributed by atoms with Crippen LogP contribution in [0.25, 0.3) is 0 Å². The molecule has 42 heavy (non-hydrogen) atoms. The van der Waals surface area contributed by atoms with E-state index in [1.807, 2.05) is 84.9 Å². The second-order valence-corrected chi connectivity index (χ2v) is 10.9. The number of aliphatic hydroxyl groups excluding tert-OH is 1. The summed E-state index contributed by atoms with van der Waals surface area (Å²) < 4.78 is 13.2. The van der Waals surface area contributed by atoms with E-state index in [9.17, 15) is 9.90 Å². The van der Waals surface area contributed by atoms with Gasteiger partial charge in [-0.25, -0.2) is 4.79 Å². The molecular weight excluding hydrogens is 526 g/mol. The van der Waals surface area contributed by atoms with Crippen LogP contribution in [0.1, 0.15) is 47.1 Å². The van der Waals surface area contributed by atoms with Crippen molar-refractivity contribution in [2.45, 2.75) is 45.1 Å². The number of hydrogen-bond donors (Lipinski definition) is 3. The Labute approximate surface area is 248 Å². The predicted molar refractivity (Wildman–Crippen MR) is 164 cm³/mol. The lowest BCUT2D eigenvalue weighted by atomic mass is 9.90. The van der Waals surface area contributed by atoms with E-state index >= 15 is 0 Å². The Balaban J connectivity index is 1.28. The van der Waals surface area contributed by atoms with Gasteiger partial charge in [0.1, 0.15) is 0 Å². The summed E-state index contributed by atoms with van der Waals surface area (Å²) in [5.74, 6) is 0.0914. The Morgan fingerprint density at radius 1 is 0.786 bits per heavy atom. The average molecular weight is 566 g/mol. The van der Waals surface area contributed by atoms with Crippen LogP contribution in [-0.2, 0) is 29.2 Å². The van der Waals surface area contributed by atoms with Gasteiger partial charge in [0.2, 0.25) is 0 Å². The second-order valence-electron chi connectivity index (χ2n) is 10.9. The van der Waals surface area contributed by atoms with Crippen LogP contribution in [0.15, 0.2) is 109 Å². The summed E-state index contributed by atoms with van der Waals surface area (Å²) in [5.41, 5.74) is 5.77. The molecule has 4 aromatic rings. The fourth-order valence-corrected chi connectivity index (χ4v) is 5.27. The van der Waals surface area contributed by atoms with E-state index < -0.39 is 6.29 Å². The maximum Gasteiger partial charge on any atom is 0.319 e. The number of aliphatic hydroxyl groups is 1. The summed E-state index contributed by atoms with van der Waals surface area (Å²) in [5, 5.41) is 15.3. The molecule has 0 radical (unpaired) electrons. The monoisotopic (exact) mass is 565 g/mol. The summed E-state index contributed by atoms with van der Waals surface area (Å²) in [6.45, 7) is 4.19. The molecule has 0 aromatic heterocycles. The first kappa shape index (κ1) is 29.5. The van der Waals surface area contributed by atoms with Crippen LogP contribution >= 0.6 is 0 Å². The van der Waals surface area contributed by atoms with Gasteiger partial charge in [-0.1, -0.05) is 104 Å². The molecule has 4 unspecified atom stereocenters. The van der Waals surface area contributed by atoms with E-state index in [4.69, 9.17) is 9.47 Å². The minimum Gasteiger partial charge on any atom is -0.392 e. The number of nitrogens with zero attached hydrogens (tertiary/aromatic N) is 1. The number of rotatable bonds is 10. The van der Waals surface area contributed by atoms with Crippen molar-refractivity contribution in [3.63, 3.8) is 0 Å². The van der Waals surface area contributed by atoms with Crippen molar-refractivity contribution in [1.29, 1.82) is 0 Å². The highest BCUT2D eigenvalue weighted by Gasteiger charge is 2.38. The number of hydrogen-bond acceptors (Lipinski definition) is 5. The molecule has 3 N–H and O–H groups in total. The first-order chi connectivity index (χ1) is 20.5. The Bertz CT molecular complexity index is 1400. The molecule has 0 aliphatic carbocycles. The van der Waals surface area contributed by atoms with Crippen molar-refractivity contribution in [2.24, 2.45) is 5.92 Å². The van der Waals surface area contributed by atoms with E-state index in [0.717, 1.165) is 35.3 Å². The van der Waals surface area contributed by atoms with Crippen molar-refractivity contribution in [2.75, 3.05) is 18.9 Å². The molecular formula is C35H39N3O4. The topological polar surface area (TPSA) is 83.1 Å². The molecule has 0 saturated carbocycles. The standard InChI is InChI=1S/C35H39N3O4/c1-25-32(23-38(2)22-27-11-7-4-8-12-27)41-34(42-33(25)29-15-13-28(24-39)14-16-29)30-17-19-31(20-18-30)37-35(40)36-21-26-9-5-3-6-10-26/h3-20,25,32-34,39H,21-24H2,1-2H3,(H2,36,37,40). The minimum atomic E-state index is -0.570. The lowest BCUT2D eigenvalue weighted by molar-refractivity contribution is -0.276. The third-order valence-corrected chi connectivity index (χ3v) is 7.65. The van der Waals surface area contributed by atoms with E-state index in [0.29, 0.717) is 12.2 Å². The molecule has 1 heterocycles. The normalized spacial score (nSPS) is 20.3. The van der Waals surface area contributed by atoms with Gasteiger partial charge in [0.05, 0.1) is 18.8 Å². The molecule has 1 saturated heterocycles. The molecule has 1 aliphatic heterocycles. The van der Waals surface area contributed by atoms with Gasteiger partial charge in [0, 0.05) is 36.8 Å². The van der Waals surface area contributed by atoms with E-state index in [1.165, 1.54) is 5.56 Å². The number of carbonyl (C=O) groups is 1. The van der Waals surface area contributed by atoms with Crippen LogP contribution in [0.2, 0.25) is 0 Å². The van der Waals surface area contributed by atoms with E-state index in [1.54, 1.807) is 0 Å².